The molecule has 2 heterocycles. The molecule has 276 valence electrons. The molecule has 4 rings (SSSR count). The second-order valence-electron chi connectivity index (χ2n) is 14.5. The molecule has 50 heavy (non-hydrogen) atoms. The molecule has 3 aliphatic rings. The molecule has 1 unspecified atom stereocenters. The van der Waals surface area contributed by atoms with Crippen LogP contribution in [-0.4, -0.2) is 96.9 Å². The van der Waals surface area contributed by atoms with Crippen LogP contribution in [0.3, 0.4) is 0 Å². The molecular weight excluding hydrogens is 646 g/mol. The summed E-state index contributed by atoms with van der Waals surface area (Å²) in [4.78, 5) is 74.9. The third-order valence-corrected chi connectivity index (χ3v) is 9.12. The molecule has 1 aromatic carbocycles. The van der Waals surface area contributed by atoms with E-state index in [0.29, 0.717) is 50.4 Å². The molecule has 1 aliphatic carbocycles. The molecule has 1 aromatic rings. The molecule has 0 spiro atoms. The Hall–Kier alpha value is -3.97. The lowest BCUT2D eigenvalue weighted by atomic mass is 9.84. The summed E-state index contributed by atoms with van der Waals surface area (Å²) in [5.74, 6) is -0.632. The Bertz CT molecular complexity index is 1360. The van der Waals surface area contributed by atoms with Crippen molar-refractivity contribution < 1.29 is 43.1 Å². The van der Waals surface area contributed by atoms with Crippen molar-refractivity contribution in [3.05, 3.63) is 58.2 Å². The number of hydrogen-bond donors (Lipinski definition) is 1. The minimum atomic E-state index is -0.892. The second kappa shape index (κ2) is 18.9. The minimum absolute atomic E-state index is 0.0631. The predicted molar refractivity (Wildman–Crippen MR) is 185 cm³/mol. The normalized spacial score (nSPS) is 20.6. The number of ether oxygens (including phenoxy) is 3. The van der Waals surface area contributed by atoms with E-state index in [9.17, 15) is 34.1 Å². The summed E-state index contributed by atoms with van der Waals surface area (Å²) in [6, 6.07) is 6.65. The van der Waals surface area contributed by atoms with E-state index in [1.165, 1.54) is 12.0 Å². The van der Waals surface area contributed by atoms with Crippen LogP contribution >= 0.6 is 0 Å². The van der Waals surface area contributed by atoms with E-state index < -0.39 is 46.9 Å². The van der Waals surface area contributed by atoms with Crippen LogP contribution in [0, 0.1) is 27.4 Å². The highest BCUT2D eigenvalue weighted by Gasteiger charge is 2.44. The number of methoxy groups -OCH3 is 1. The Morgan fingerprint density at radius 1 is 1.12 bits per heavy atom. The Kier molecular flexibility index (Phi) is 15.3. The van der Waals surface area contributed by atoms with Crippen LogP contribution in [0.5, 0.6) is 0 Å². The highest BCUT2D eigenvalue weighted by molar-refractivity contribution is 5.97. The molecule has 1 N–H and O–H groups in total. The van der Waals surface area contributed by atoms with Gasteiger partial charge in [0.15, 0.2) is 11.6 Å². The van der Waals surface area contributed by atoms with Gasteiger partial charge in [-0.15, -0.1) is 0 Å². The van der Waals surface area contributed by atoms with Gasteiger partial charge in [0.25, 0.3) is 6.54 Å². The number of likely N-dealkylation sites (tertiary alicyclic amines) is 1. The Morgan fingerprint density at radius 3 is 2.34 bits per heavy atom. The standard InChI is InChI=1S/C29H46N2O7.C8H7NO3/c1-7-8-20(25(36-6)24(33)14-19-9-10-19)15-23(32)22-13-18(2)16-31(22)27(34)26(29(3,4)5)30-28(35)38-21-11-12-37-17-21;10-8(6-9(11)12)7-4-2-1-3-5-7/h19-22,25-26H,2,7-17H2,1,3-6H3,(H,30,35);1-5H,6H2/t20-,21+,22+,25?,26-;/m1./s1. The molecule has 2 amide bonds. The van der Waals surface area contributed by atoms with E-state index in [1.807, 2.05) is 27.7 Å². The van der Waals surface area contributed by atoms with Crippen LogP contribution < -0.4 is 5.32 Å². The molecule has 2 aliphatic heterocycles. The summed E-state index contributed by atoms with van der Waals surface area (Å²) >= 11 is 0. The zero-order valence-corrected chi connectivity index (χ0v) is 30.0. The van der Waals surface area contributed by atoms with Gasteiger partial charge in [0.05, 0.1) is 19.3 Å². The largest absolute Gasteiger partial charge is 0.444 e. The maximum absolute atomic E-state index is 13.8. The lowest BCUT2D eigenvalue weighted by molar-refractivity contribution is -0.465. The maximum atomic E-state index is 13.8. The Labute approximate surface area is 294 Å². The fraction of sp³-hybridized carbons (Fsp3) is 0.649. The van der Waals surface area contributed by atoms with E-state index in [4.69, 9.17) is 14.2 Å². The van der Waals surface area contributed by atoms with Gasteiger partial charge >= 0.3 is 6.09 Å². The van der Waals surface area contributed by atoms with E-state index in [1.54, 1.807) is 30.3 Å². The summed E-state index contributed by atoms with van der Waals surface area (Å²) < 4.78 is 16.3. The molecular formula is C37H53N3O10. The van der Waals surface area contributed by atoms with Crippen molar-refractivity contribution in [2.75, 3.05) is 33.4 Å². The zero-order chi connectivity index (χ0) is 37.0. The number of nitro groups is 1. The van der Waals surface area contributed by atoms with Crippen molar-refractivity contribution in [1.29, 1.82) is 0 Å². The number of carbonyl (C=O) groups excluding carboxylic acids is 5. The van der Waals surface area contributed by atoms with Gasteiger partial charge in [-0.3, -0.25) is 29.3 Å². The lowest BCUT2D eigenvalue weighted by Gasteiger charge is -2.35. The number of nitrogens with one attached hydrogen (secondary N) is 1. The minimum Gasteiger partial charge on any atom is -0.444 e. The summed E-state index contributed by atoms with van der Waals surface area (Å²) in [6.07, 6.45) is 3.68. The number of Topliss-reactive ketones (excluding diaryl/α,β-unsaturated/α-hetero) is 3. The third-order valence-electron chi connectivity index (χ3n) is 9.12. The van der Waals surface area contributed by atoms with E-state index in [0.717, 1.165) is 24.8 Å². The van der Waals surface area contributed by atoms with Crippen LogP contribution in [-0.2, 0) is 28.6 Å². The van der Waals surface area contributed by atoms with Crippen molar-refractivity contribution in [1.82, 2.24) is 10.2 Å². The van der Waals surface area contributed by atoms with Crippen molar-refractivity contribution in [3.63, 3.8) is 0 Å². The monoisotopic (exact) mass is 699 g/mol. The average Bonchev–Trinajstić information content (AvgIpc) is 3.54. The zero-order valence-electron chi connectivity index (χ0n) is 30.0. The van der Waals surface area contributed by atoms with Crippen LogP contribution in [0.1, 0.15) is 89.4 Å². The number of alkyl carbamates (subject to hydrolysis) is 1. The number of benzene rings is 1. The number of hydrogen-bond acceptors (Lipinski definition) is 10. The van der Waals surface area contributed by atoms with E-state index in [2.05, 4.69) is 11.9 Å². The fourth-order valence-corrected chi connectivity index (χ4v) is 6.31. The SMILES string of the molecule is C=C1C[C@@H](C(=O)C[C@@H](CCC)C(OC)C(=O)CC2CC2)N(C(=O)[C@@H](NC(=O)O[C@H]2CCOC2)C(C)(C)C)C1.O=C(C[N+](=O)[O-])c1ccccc1. The molecule has 0 bridgehead atoms. The van der Waals surface area contributed by atoms with Gasteiger partial charge in [0.2, 0.25) is 11.7 Å². The molecule has 5 atom stereocenters. The summed E-state index contributed by atoms with van der Waals surface area (Å²) in [5.41, 5.74) is 0.547. The third kappa shape index (κ3) is 12.4. The second-order valence-corrected chi connectivity index (χ2v) is 14.5. The number of ketones is 3. The van der Waals surface area contributed by atoms with Gasteiger partial charge in [-0.1, -0.05) is 76.6 Å². The van der Waals surface area contributed by atoms with Crippen LogP contribution in [0.4, 0.5) is 4.79 Å². The lowest BCUT2D eigenvalue weighted by Crippen LogP contribution is -2.57. The first-order valence-corrected chi connectivity index (χ1v) is 17.4. The molecule has 13 nitrogen and oxygen atoms in total. The molecule has 2 saturated heterocycles. The average molecular weight is 700 g/mol. The molecule has 3 fully saturated rings. The van der Waals surface area contributed by atoms with Gasteiger partial charge in [-0.2, -0.15) is 0 Å². The number of carbonyl (C=O) groups is 5. The first-order valence-electron chi connectivity index (χ1n) is 17.4. The summed E-state index contributed by atoms with van der Waals surface area (Å²) in [7, 11) is 1.53. The number of nitrogens with zero attached hydrogens (tertiary/aromatic N) is 2. The highest BCUT2D eigenvalue weighted by Crippen LogP contribution is 2.35. The first kappa shape index (κ1) is 40.5. The van der Waals surface area contributed by atoms with E-state index >= 15 is 0 Å². The summed E-state index contributed by atoms with van der Waals surface area (Å²) in [6.45, 7) is 12.2. The quantitative estimate of drug-likeness (QED) is 0.107. The van der Waals surface area contributed by atoms with Gasteiger partial charge in [-0.25, -0.2) is 4.79 Å². The Morgan fingerprint density at radius 2 is 1.80 bits per heavy atom. The predicted octanol–water partition coefficient (Wildman–Crippen LogP) is 4.98. The van der Waals surface area contributed by atoms with Gasteiger partial charge in [0.1, 0.15) is 18.2 Å². The smallest absolute Gasteiger partial charge is 0.408 e. The van der Waals surface area contributed by atoms with Crippen molar-refractivity contribution >= 4 is 29.4 Å². The van der Waals surface area contributed by atoms with Crippen LogP contribution in [0.15, 0.2) is 42.5 Å². The molecule has 13 heteroatoms. The first-order chi connectivity index (χ1) is 23.6. The Balaban J connectivity index is 0.000000474. The van der Waals surface area contributed by atoms with Gasteiger partial charge < -0.3 is 24.4 Å². The summed E-state index contributed by atoms with van der Waals surface area (Å²) in [5, 5.41) is 12.7. The van der Waals surface area contributed by atoms with Crippen molar-refractivity contribution in [3.8, 4) is 0 Å². The van der Waals surface area contributed by atoms with Crippen LogP contribution in [0.25, 0.3) is 0 Å². The fourth-order valence-electron chi connectivity index (χ4n) is 6.31. The van der Waals surface area contributed by atoms with E-state index in [-0.39, 0.29) is 42.5 Å². The molecule has 1 saturated carbocycles. The van der Waals surface area contributed by atoms with Crippen LogP contribution in [0.2, 0.25) is 0 Å². The maximum Gasteiger partial charge on any atom is 0.408 e. The number of amides is 2. The van der Waals surface area contributed by atoms with Gasteiger partial charge in [-0.05, 0) is 42.9 Å². The highest BCUT2D eigenvalue weighted by atomic mass is 16.6. The van der Waals surface area contributed by atoms with Gasteiger partial charge in [0, 0.05) is 43.4 Å². The van der Waals surface area contributed by atoms with Crippen molar-refractivity contribution in [2.24, 2.45) is 17.3 Å². The molecule has 0 radical (unpaired) electrons. The topological polar surface area (TPSA) is 171 Å². The molecule has 0 aromatic heterocycles. The van der Waals surface area contributed by atoms with Crippen molar-refractivity contribution in [2.45, 2.75) is 103 Å². The number of rotatable bonds is 16.